The molecule has 0 saturated heterocycles. The Morgan fingerprint density at radius 2 is 1.85 bits per heavy atom. The van der Waals surface area contributed by atoms with Crippen molar-refractivity contribution < 1.29 is 19.4 Å². The van der Waals surface area contributed by atoms with Crippen molar-refractivity contribution in [2.75, 3.05) is 0 Å². The summed E-state index contributed by atoms with van der Waals surface area (Å²) in [7, 11) is 0. The minimum atomic E-state index is -0.634. The second-order valence-electron chi connectivity index (χ2n) is 10.0. The molecule has 4 heteroatoms. The van der Waals surface area contributed by atoms with Crippen LogP contribution in [0.2, 0.25) is 0 Å². The maximum absolute atomic E-state index is 12.2. The molecule has 0 aliphatic heterocycles. The van der Waals surface area contributed by atoms with Crippen molar-refractivity contribution >= 4 is 11.9 Å². The maximum atomic E-state index is 12.2. The third-order valence-electron chi connectivity index (χ3n) is 8.95. The third kappa shape index (κ3) is 2.13. The van der Waals surface area contributed by atoms with Crippen LogP contribution < -0.4 is 0 Å². The fourth-order valence-corrected chi connectivity index (χ4v) is 7.95. The summed E-state index contributed by atoms with van der Waals surface area (Å²) in [5, 5.41) is 10.0. The van der Waals surface area contributed by atoms with E-state index >= 15 is 0 Å². The molecule has 0 heterocycles. The van der Waals surface area contributed by atoms with Crippen LogP contribution in [0, 0.1) is 34.0 Å². The molecule has 0 unspecified atom stereocenters. The van der Waals surface area contributed by atoms with Crippen molar-refractivity contribution in [3.63, 3.8) is 0 Å². The minimum absolute atomic E-state index is 0.0115. The predicted octanol–water partition coefficient (Wildman–Crippen LogP) is 4.58. The van der Waals surface area contributed by atoms with Crippen molar-refractivity contribution in [2.24, 2.45) is 34.0 Å². The lowest BCUT2D eigenvalue weighted by Crippen LogP contribution is -2.60. The van der Waals surface area contributed by atoms with Crippen LogP contribution in [0.15, 0.2) is 12.2 Å². The molecule has 144 valence electrons. The van der Waals surface area contributed by atoms with Gasteiger partial charge in [0.15, 0.2) is 0 Å². The summed E-state index contributed by atoms with van der Waals surface area (Å²) in [4.78, 5) is 24.0. The largest absolute Gasteiger partial charge is 0.481 e. The summed E-state index contributed by atoms with van der Waals surface area (Å²) in [5.74, 6) is 0.242. The molecule has 4 nitrogen and oxygen atoms in total. The molecule has 4 aliphatic rings. The van der Waals surface area contributed by atoms with E-state index in [1.807, 2.05) is 6.92 Å². The SMILES string of the molecule is C=C1[C@@H]2CC[C@H]3[C@]4(C)CCC[C@@](C)(C(=O)O)[C@H]4CC[C@]3(C2)[C@@H]1OC(C)=O. The van der Waals surface area contributed by atoms with Gasteiger partial charge in [-0.3, -0.25) is 9.59 Å². The highest BCUT2D eigenvalue weighted by Gasteiger charge is 2.68. The Kier molecular flexibility index (Phi) is 3.88. The molecule has 0 aromatic heterocycles. The number of hydrogen-bond acceptors (Lipinski definition) is 3. The van der Waals surface area contributed by atoms with Crippen LogP contribution in [0.1, 0.15) is 72.1 Å². The van der Waals surface area contributed by atoms with Crippen molar-refractivity contribution in [1.82, 2.24) is 0 Å². The molecule has 4 aliphatic carbocycles. The molecule has 4 rings (SSSR count). The first-order valence-corrected chi connectivity index (χ1v) is 10.2. The van der Waals surface area contributed by atoms with Gasteiger partial charge in [0.1, 0.15) is 6.10 Å². The second kappa shape index (κ2) is 5.59. The molecular formula is C22H32O4. The highest BCUT2D eigenvalue weighted by Crippen LogP contribution is 2.72. The zero-order chi connectivity index (χ0) is 18.9. The van der Waals surface area contributed by atoms with Crippen LogP contribution >= 0.6 is 0 Å². The van der Waals surface area contributed by atoms with Gasteiger partial charge in [-0.25, -0.2) is 0 Å². The molecule has 4 saturated carbocycles. The lowest BCUT2D eigenvalue weighted by Gasteiger charge is -2.63. The predicted molar refractivity (Wildman–Crippen MR) is 98.4 cm³/mol. The van der Waals surface area contributed by atoms with Crippen molar-refractivity contribution in [2.45, 2.75) is 78.2 Å². The standard InChI is InChI=1S/C22H32O4/c1-13-15-6-7-17-20(3)9-5-10-21(4,19(24)25)16(20)8-11-22(17,12-15)18(13)26-14(2)23/h15-18H,1,5-12H2,2-4H3,(H,24,25)/t15-,16+,17+,18-,20-,21-,22-/m1/s1. The van der Waals surface area contributed by atoms with Crippen LogP contribution in [0.25, 0.3) is 0 Å². The Morgan fingerprint density at radius 1 is 1.12 bits per heavy atom. The average molecular weight is 360 g/mol. The molecule has 1 spiro atoms. The Labute approximate surface area is 156 Å². The van der Waals surface area contributed by atoms with Crippen LogP contribution in [0.4, 0.5) is 0 Å². The molecule has 0 aromatic rings. The van der Waals surface area contributed by atoms with E-state index in [0.29, 0.717) is 11.8 Å². The zero-order valence-corrected chi connectivity index (χ0v) is 16.3. The first kappa shape index (κ1) is 18.1. The molecule has 26 heavy (non-hydrogen) atoms. The molecule has 7 atom stereocenters. The smallest absolute Gasteiger partial charge is 0.309 e. The van der Waals surface area contributed by atoms with E-state index < -0.39 is 11.4 Å². The zero-order valence-electron chi connectivity index (χ0n) is 16.3. The average Bonchev–Trinajstić information content (AvgIpc) is 2.75. The number of carbonyl (C=O) groups excluding carboxylic acids is 1. The van der Waals surface area contributed by atoms with Gasteiger partial charge in [0.2, 0.25) is 0 Å². The molecule has 0 aromatic carbocycles. The Bertz CT molecular complexity index is 669. The van der Waals surface area contributed by atoms with E-state index in [4.69, 9.17) is 4.74 Å². The van der Waals surface area contributed by atoms with Crippen molar-refractivity contribution in [3.05, 3.63) is 12.2 Å². The highest BCUT2D eigenvalue weighted by atomic mass is 16.5. The number of esters is 1. The van der Waals surface area contributed by atoms with Crippen LogP contribution in [0.5, 0.6) is 0 Å². The van der Waals surface area contributed by atoms with Gasteiger partial charge in [-0.2, -0.15) is 0 Å². The summed E-state index contributed by atoms with van der Waals surface area (Å²) in [6.45, 7) is 10.1. The van der Waals surface area contributed by atoms with E-state index in [-0.39, 0.29) is 28.8 Å². The van der Waals surface area contributed by atoms with E-state index in [0.717, 1.165) is 56.9 Å². The normalized spacial score (nSPS) is 49.9. The number of carboxylic acids is 1. The molecule has 0 radical (unpaired) electrons. The van der Waals surface area contributed by atoms with Crippen LogP contribution in [-0.2, 0) is 14.3 Å². The first-order chi connectivity index (χ1) is 12.1. The lowest BCUT2D eigenvalue weighted by molar-refractivity contribution is -0.195. The molecule has 0 amide bonds. The van der Waals surface area contributed by atoms with Crippen molar-refractivity contribution in [3.8, 4) is 0 Å². The number of hydrogen-bond donors (Lipinski definition) is 1. The fourth-order valence-electron chi connectivity index (χ4n) is 7.95. The van der Waals surface area contributed by atoms with Gasteiger partial charge >= 0.3 is 11.9 Å². The Balaban J connectivity index is 1.77. The van der Waals surface area contributed by atoms with E-state index in [1.54, 1.807) is 0 Å². The topological polar surface area (TPSA) is 63.6 Å². The number of rotatable bonds is 2. The van der Waals surface area contributed by atoms with Gasteiger partial charge in [-0.15, -0.1) is 0 Å². The van der Waals surface area contributed by atoms with E-state index in [2.05, 4.69) is 13.5 Å². The fraction of sp³-hybridized carbons (Fsp3) is 0.818. The van der Waals surface area contributed by atoms with E-state index in [9.17, 15) is 14.7 Å². The maximum Gasteiger partial charge on any atom is 0.309 e. The van der Waals surface area contributed by atoms with Gasteiger partial charge in [0.05, 0.1) is 5.41 Å². The quantitative estimate of drug-likeness (QED) is 0.578. The second-order valence-corrected chi connectivity index (χ2v) is 10.0. The highest BCUT2D eigenvalue weighted by molar-refractivity contribution is 5.75. The number of ether oxygens (including phenoxy) is 1. The number of aliphatic carboxylic acids is 1. The van der Waals surface area contributed by atoms with Gasteiger partial charge in [-0.1, -0.05) is 19.9 Å². The summed E-state index contributed by atoms with van der Waals surface area (Å²) < 4.78 is 5.87. The first-order valence-electron chi connectivity index (χ1n) is 10.2. The van der Waals surface area contributed by atoms with Gasteiger partial charge in [-0.05, 0) is 80.6 Å². The summed E-state index contributed by atoms with van der Waals surface area (Å²) in [6, 6.07) is 0. The number of fused-ring (bicyclic) bond motifs is 3. The van der Waals surface area contributed by atoms with Gasteiger partial charge in [0, 0.05) is 12.3 Å². The van der Waals surface area contributed by atoms with Crippen LogP contribution in [-0.4, -0.2) is 23.1 Å². The number of carboxylic acid groups (broad SMARTS) is 1. The van der Waals surface area contributed by atoms with Gasteiger partial charge in [0.25, 0.3) is 0 Å². The number of carbonyl (C=O) groups is 2. The Morgan fingerprint density at radius 3 is 2.50 bits per heavy atom. The Hall–Kier alpha value is -1.32. The van der Waals surface area contributed by atoms with Crippen molar-refractivity contribution in [1.29, 1.82) is 0 Å². The van der Waals surface area contributed by atoms with E-state index in [1.165, 1.54) is 6.92 Å². The lowest BCUT2D eigenvalue weighted by atomic mass is 9.40. The monoisotopic (exact) mass is 360 g/mol. The molecule has 1 N–H and O–H groups in total. The van der Waals surface area contributed by atoms with Gasteiger partial charge < -0.3 is 9.84 Å². The molecular weight excluding hydrogens is 328 g/mol. The minimum Gasteiger partial charge on any atom is -0.481 e. The summed E-state index contributed by atoms with van der Waals surface area (Å²) in [5.41, 5.74) is 0.477. The molecule has 2 bridgehead atoms. The molecule has 4 fully saturated rings. The van der Waals surface area contributed by atoms with Crippen LogP contribution in [0.3, 0.4) is 0 Å². The summed E-state index contributed by atoms with van der Waals surface area (Å²) in [6.07, 6.45) is 7.86. The third-order valence-corrected chi connectivity index (χ3v) is 8.95. The summed E-state index contributed by atoms with van der Waals surface area (Å²) >= 11 is 0.